The van der Waals surface area contributed by atoms with Gasteiger partial charge in [0.2, 0.25) is 0 Å². The van der Waals surface area contributed by atoms with Gasteiger partial charge in [-0.25, -0.2) is 14.2 Å². The van der Waals surface area contributed by atoms with Crippen LogP contribution in [0.1, 0.15) is 20.8 Å². The molecule has 180 valence electrons. The summed E-state index contributed by atoms with van der Waals surface area (Å²) in [7, 11) is 1.44. The first kappa shape index (κ1) is 25.1. The van der Waals surface area contributed by atoms with E-state index in [0.717, 1.165) is 15.1 Å². The highest BCUT2D eigenvalue weighted by atomic mass is 35.5. The van der Waals surface area contributed by atoms with Crippen molar-refractivity contribution in [3.8, 4) is 5.75 Å². The molecular weight excluding hydrogens is 507 g/mol. The summed E-state index contributed by atoms with van der Waals surface area (Å²) in [4.78, 5) is 47.9. The molecule has 14 nitrogen and oxygen atoms in total. The molecule has 0 aliphatic heterocycles. The predicted octanol–water partition coefficient (Wildman–Crippen LogP) is 1.78. The number of nitrogens with one attached hydrogen (secondary N) is 1. The van der Waals surface area contributed by atoms with Gasteiger partial charge in [-0.2, -0.15) is 4.68 Å². The first-order valence-electron chi connectivity index (χ1n) is 9.30. The normalized spacial score (nSPS) is 10.4. The van der Waals surface area contributed by atoms with Crippen molar-refractivity contribution in [2.75, 3.05) is 5.32 Å². The smallest absolute Gasteiger partial charge is 0.352 e. The van der Waals surface area contributed by atoms with Gasteiger partial charge in [0, 0.05) is 24.2 Å². The highest BCUT2D eigenvalue weighted by Crippen LogP contribution is 2.28. The van der Waals surface area contributed by atoms with Crippen LogP contribution >= 0.6 is 23.2 Å². The number of imidazole rings is 1. The van der Waals surface area contributed by atoms with Crippen LogP contribution < -0.4 is 16.7 Å². The summed E-state index contributed by atoms with van der Waals surface area (Å²) in [6.07, 6.45) is 1.19. The maximum Gasteiger partial charge on any atom is 0.352 e. The summed E-state index contributed by atoms with van der Waals surface area (Å²) in [6, 6.07) is 7.65. The Bertz CT molecular complexity index is 1530. The van der Waals surface area contributed by atoms with Crippen molar-refractivity contribution in [1.82, 2.24) is 24.4 Å². The lowest BCUT2D eigenvalue weighted by Gasteiger charge is -2.08. The van der Waals surface area contributed by atoms with Gasteiger partial charge in [-0.15, -0.1) is 5.10 Å². The van der Waals surface area contributed by atoms with Crippen LogP contribution in [0.2, 0.25) is 10.0 Å². The number of aromatic hydroxyl groups is 1. The zero-order chi connectivity index (χ0) is 25.9. The molecule has 0 fully saturated rings. The van der Waals surface area contributed by atoms with E-state index in [0.29, 0.717) is 0 Å². The minimum Gasteiger partial charge on any atom is -0.507 e. The fourth-order valence-corrected chi connectivity index (χ4v) is 3.05. The molecule has 4 aromatic rings. The fraction of sp³-hybridized carbons (Fsp3) is 0.0526. The first-order valence-corrected chi connectivity index (χ1v) is 10.1. The number of hydrogen-bond acceptors (Lipinski definition) is 9. The average Bonchev–Trinajstić information content (AvgIpc) is 3.24. The lowest BCUT2D eigenvalue weighted by atomic mass is 10.2. The molecule has 0 unspecified atom stereocenters. The molecule has 0 atom stereocenters. The summed E-state index contributed by atoms with van der Waals surface area (Å²) in [5.41, 5.74) is 4.56. The molecule has 4 rings (SSSR count). The topological polar surface area (TPSA) is 201 Å². The van der Waals surface area contributed by atoms with Gasteiger partial charge < -0.3 is 16.2 Å². The number of non-ortho nitro benzene ring substituents is 1. The van der Waals surface area contributed by atoms with Gasteiger partial charge in [0.1, 0.15) is 12.1 Å². The van der Waals surface area contributed by atoms with Crippen molar-refractivity contribution in [3.05, 3.63) is 84.6 Å². The molecule has 2 amide bonds. The molecule has 35 heavy (non-hydrogen) atoms. The zero-order valence-corrected chi connectivity index (χ0v) is 19.1. The molecule has 0 spiro atoms. The number of carbonyl (C=O) groups excluding carboxylic acids is 2. The number of anilines is 1. The summed E-state index contributed by atoms with van der Waals surface area (Å²) in [6.45, 7) is 0. The number of phenols is 1. The Hall–Kier alpha value is -4.56. The number of rotatable bonds is 4. The molecule has 2 aromatic carbocycles. The van der Waals surface area contributed by atoms with Crippen molar-refractivity contribution < 1.29 is 19.6 Å². The monoisotopic (exact) mass is 520 g/mol. The molecule has 4 N–H and O–H groups in total. The second-order valence-corrected chi connectivity index (χ2v) is 7.53. The van der Waals surface area contributed by atoms with E-state index in [4.69, 9.17) is 28.9 Å². The van der Waals surface area contributed by atoms with E-state index in [1.54, 1.807) is 0 Å². The van der Waals surface area contributed by atoms with Crippen molar-refractivity contribution in [2.24, 2.45) is 12.8 Å². The zero-order valence-electron chi connectivity index (χ0n) is 17.5. The standard InChI is InChI=1S/C13H8Cl2N2O4.C6H6N6O2/c14-7-1-4-12(18)9(5-7)13(19)16-11-3-2-8(17(20)21)6-10(11)15;1-11-6(14)12-2-8-3(4(7)13)5(12)9-10-11/h1-6,18H,(H,16,19);2H,1H3,(H2,7,13). The lowest BCUT2D eigenvalue weighted by Crippen LogP contribution is -2.27. The van der Waals surface area contributed by atoms with E-state index >= 15 is 0 Å². The number of nitrogens with zero attached hydrogens (tertiary/aromatic N) is 6. The first-order chi connectivity index (χ1) is 16.5. The van der Waals surface area contributed by atoms with E-state index in [9.17, 15) is 29.6 Å². The molecule has 0 saturated carbocycles. The lowest BCUT2D eigenvalue weighted by molar-refractivity contribution is -0.384. The Labute approximate surface area is 204 Å². The highest BCUT2D eigenvalue weighted by Gasteiger charge is 2.16. The SMILES string of the molecule is Cn1nnc2c(C(N)=O)ncn2c1=O.O=C(Nc1ccc([N+](=O)[O-])cc1Cl)c1cc(Cl)ccc1O. The van der Waals surface area contributed by atoms with Crippen molar-refractivity contribution in [2.45, 2.75) is 0 Å². The van der Waals surface area contributed by atoms with Crippen LogP contribution in [0, 0.1) is 10.1 Å². The van der Waals surface area contributed by atoms with Gasteiger partial charge in [0.15, 0.2) is 11.3 Å². The predicted molar refractivity (Wildman–Crippen MR) is 124 cm³/mol. The van der Waals surface area contributed by atoms with Crippen molar-refractivity contribution >= 4 is 52.0 Å². The molecule has 16 heteroatoms. The quantitative estimate of drug-likeness (QED) is 0.264. The van der Waals surface area contributed by atoms with Crippen LogP contribution in [0.15, 0.2) is 47.5 Å². The molecule has 2 heterocycles. The number of phenolic OH excluding ortho intramolecular Hbond substituents is 1. The maximum absolute atomic E-state index is 12.0. The van der Waals surface area contributed by atoms with E-state index in [1.165, 1.54) is 43.7 Å². The Morgan fingerprint density at radius 3 is 2.54 bits per heavy atom. The number of benzene rings is 2. The third kappa shape index (κ3) is 5.51. The second-order valence-electron chi connectivity index (χ2n) is 6.68. The Balaban J connectivity index is 0.000000211. The number of nitro groups is 1. The van der Waals surface area contributed by atoms with Gasteiger partial charge in [-0.05, 0) is 24.3 Å². The number of primary amides is 1. The van der Waals surface area contributed by atoms with Crippen LogP contribution in [0.4, 0.5) is 11.4 Å². The number of fused-ring (bicyclic) bond motifs is 1. The molecule has 0 aliphatic rings. The maximum atomic E-state index is 12.0. The number of carbonyl (C=O) groups is 2. The number of nitrogens with two attached hydrogens (primary N) is 1. The Morgan fingerprint density at radius 2 is 1.91 bits per heavy atom. The van der Waals surface area contributed by atoms with Crippen molar-refractivity contribution in [1.29, 1.82) is 0 Å². The van der Waals surface area contributed by atoms with E-state index in [-0.39, 0.29) is 44.1 Å². The van der Waals surface area contributed by atoms with E-state index < -0.39 is 22.4 Å². The van der Waals surface area contributed by atoms with E-state index in [2.05, 4.69) is 20.6 Å². The Morgan fingerprint density at radius 1 is 1.20 bits per heavy atom. The summed E-state index contributed by atoms with van der Waals surface area (Å²) < 4.78 is 2.13. The number of hydrogen-bond donors (Lipinski definition) is 3. The van der Waals surface area contributed by atoms with Gasteiger partial charge >= 0.3 is 5.69 Å². The van der Waals surface area contributed by atoms with E-state index in [1.807, 2.05) is 0 Å². The number of amides is 2. The Kier molecular flexibility index (Phi) is 7.27. The molecular formula is C19H14Cl2N8O6. The molecule has 2 aromatic heterocycles. The molecule has 0 aliphatic carbocycles. The van der Waals surface area contributed by atoms with Crippen LogP contribution in [0.25, 0.3) is 5.65 Å². The number of nitro benzene ring substituents is 1. The third-order valence-electron chi connectivity index (χ3n) is 4.35. The third-order valence-corrected chi connectivity index (χ3v) is 4.89. The summed E-state index contributed by atoms with van der Waals surface area (Å²) in [5, 5.41) is 30.1. The number of aromatic nitrogens is 5. The molecule has 0 bridgehead atoms. The number of halogens is 2. The summed E-state index contributed by atoms with van der Waals surface area (Å²) >= 11 is 11.6. The van der Waals surface area contributed by atoms with Crippen LogP contribution in [-0.4, -0.2) is 46.2 Å². The van der Waals surface area contributed by atoms with Crippen molar-refractivity contribution in [3.63, 3.8) is 0 Å². The average molecular weight is 521 g/mol. The highest BCUT2D eigenvalue weighted by molar-refractivity contribution is 6.34. The number of aryl methyl sites for hydroxylation is 1. The van der Waals surface area contributed by atoms with Gasteiger partial charge in [-0.1, -0.05) is 28.4 Å². The molecule has 0 radical (unpaired) electrons. The second kappa shape index (κ2) is 10.1. The minimum atomic E-state index is -0.741. The van der Waals surface area contributed by atoms with Crippen LogP contribution in [0.5, 0.6) is 5.75 Å². The molecule has 0 saturated heterocycles. The minimum absolute atomic E-state index is 0.0130. The van der Waals surface area contributed by atoms with Crippen LogP contribution in [-0.2, 0) is 7.05 Å². The van der Waals surface area contributed by atoms with Gasteiger partial charge in [0.05, 0.1) is 21.2 Å². The fourth-order valence-electron chi connectivity index (χ4n) is 2.65. The van der Waals surface area contributed by atoms with Gasteiger partial charge in [0.25, 0.3) is 17.5 Å². The van der Waals surface area contributed by atoms with Crippen LogP contribution in [0.3, 0.4) is 0 Å². The summed E-state index contributed by atoms with van der Waals surface area (Å²) in [5.74, 6) is -1.62. The largest absolute Gasteiger partial charge is 0.507 e. The van der Waals surface area contributed by atoms with Gasteiger partial charge in [-0.3, -0.25) is 19.7 Å².